The summed E-state index contributed by atoms with van der Waals surface area (Å²) in [5.41, 5.74) is 0.633. The van der Waals surface area contributed by atoms with Gasteiger partial charge >= 0.3 is 0 Å². The van der Waals surface area contributed by atoms with Crippen LogP contribution in [-0.4, -0.2) is 72.3 Å². The summed E-state index contributed by atoms with van der Waals surface area (Å²) in [6, 6.07) is 0. The highest BCUT2D eigenvalue weighted by atomic mass is 16.5. The van der Waals surface area contributed by atoms with E-state index in [4.69, 9.17) is 14.6 Å². The van der Waals surface area contributed by atoms with Crippen LogP contribution in [0.25, 0.3) is 0 Å². The lowest BCUT2D eigenvalue weighted by atomic mass is 10.2. The Morgan fingerprint density at radius 1 is 1.45 bits per heavy atom. The van der Waals surface area contributed by atoms with Crippen LogP contribution < -0.4 is 5.32 Å². The van der Waals surface area contributed by atoms with Crippen molar-refractivity contribution in [3.63, 3.8) is 0 Å². The number of hydrogen-bond acceptors (Lipinski definition) is 6. The van der Waals surface area contributed by atoms with Crippen LogP contribution in [0.3, 0.4) is 0 Å². The number of hydrogen-bond donors (Lipinski definition) is 3. The van der Waals surface area contributed by atoms with Crippen molar-refractivity contribution >= 4 is 5.84 Å². The molecule has 0 aromatic carbocycles. The molecule has 2 rings (SSSR count). The Bertz CT molecular complexity index is 433. The highest BCUT2D eigenvalue weighted by Gasteiger charge is 2.32. The summed E-state index contributed by atoms with van der Waals surface area (Å²) in [5.74, 6) is 0.922. The first-order valence-electron chi connectivity index (χ1n) is 7.54. The Balaban J connectivity index is 1.76. The van der Waals surface area contributed by atoms with Crippen molar-refractivity contribution in [2.24, 2.45) is 4.99 Å². The van der Waals surface area contributed by atoms with Gasteiger partial charge in [-0.2, -0.15) is 0 Å². The lowest BCUT2D eigenvalue weighted by Crippen LogP contribution is -2.39. The number of nitrogens with one attached hydrogen (secondary N) is 1. The van der Waals surface area contributed by atoms with Crippen molar-refractivity contribution in [3.8, 4) is 0 Å². The highest BCUT2D eigenvalue weighted by Crippen LogP contribution is 2.18. The Morgan fingerprint density at radius 3 is 2.82 bits per heavy atom. The Morgan fingerprint density at radius 2 is 2.18 bits per heavy atom. The largest absolute Gasteiger partial charge is 0.394 e. The van der Waals surface area contributed by atoms with E-state index < -0.39 is 12.2 Å². The Hall–Kier alpha value is -1.41. The van der Waals surface area contributed by atoms with E-state index in [2.05, 4.69) is 21.8 Å². The van der Waals surface area contributed by atoms with Crippen LogP contribution in [-0.2, 0) is 9.47 Å². The Kier molecular flexibility index (Phi) is 6.38. The van der Waals surface area contributed by atoms with Crippen LogP contribution in [0.2, 0.25) is 0 Å². The maximum atomic E-state index is 9.63. The highest BCUT2D eigenvalue weighted by molar-refractivity contribution is 5.81. The van der Waals surface area contributed by atoms with Gasteiger partial charge in [-0.25, -0.2) is 4.99 Å². The van der Waals surface area contributed by atoms with Gasteiger partial charge in [0, 0.05) is 25.7 Å². The summed E-state index contributed by atoms with van der Waals surface area (Å²) in [6.07, 6.45) is 2.44. The number of ether oxygens (including phenoxy) is 2. The van der Waals surface area contributed by atoms with E-state index >= 15 is 0 Å². The minimum absolute atomic E-state index is 0.182. The van der Waals surface area contributed by atoms with E-state index in [0.717, 1.165) is 32.1 Å². The van der Waals surface area contributed by atoms with Gasteiger partial charge in [-0.3, -0.25) is 0 Å². The summed E-state index contributed by atoms with van der Waals surface area (Å²) < 4.78 is 10.7. The molecule has 7 nitrogen and oxygen atoms in total. The van der Waals surface area contributed by atoms with E-state index in [1.54, 1.807) is 12.3 Å². The molecular weight excluding hydrogens is 286 g/mol. The molecule has 2 fully saturated rings. The first-order valence-corrected chi connectivity index (χ1v) is 7.54. The molecule has 0 aliphatic carbocycles. The minimum Gasteiger partial charge on any atom is -0.394 e. The third kappa shape index (κ3) is 4.81. The van der Waals surface area contributed by atoms with Crippen molar-refractivity contribution in [1.82, 2.24) is 10.2 Å². The molecule has 22 heavy (non-hydrogen) atoms. The van der Waals surface area contributed by atoms with Crippen molar-refractivity contribution in [3.05, 3.63) is 24.6 Å². The second kappa shape index (κ2) is 8.28. The van der Waals surface area contributed by atoms with E-state index in [1.807, 2.05) is 6.92 Å². The third-order valence-corrected chi connectivity index (χ3v) is 3.74. The van der Waals surface area contributed by atoms with Gasteiger partial charge < -0.3 is 29.9 Å². The molecule has 7 heteroatoms. The average molecular weight is 311 g/mol. The van der Waals surface area contributed by atoms with Crippen LogP contribution >= 0.6 is 0 Å². The zero-order chi connectivity index (χ0) is 15.9. The fourth-order valence-electron chi connectivity index (χ4n) is 2.45. The molecular formula is C15H25N3O4. The van der Waals surface area contributed by atoms with Crippen LogP contribution in [0.4, 0.5) is 0 Å². The Labute approximate surface area is 130 Å². The molecule has 0 aromatic heterocycles. The lowest BCUT2D eigenvalue weighted by molar-refractivity contribution is -0.0270. The summed E-state index contributed by atoms with van der Waals surface area (Å²) >= 11 is 0. The number of aliphatic imine (C=N–C) groups is 1. The van der Waals surface area contributed by atoms with Crippen LogP contribution in [0.1, 0.15) is 13.3 Å². The van der Waals surface area contributed by atoms with Gasteiger partial charge in [-0.15, -0.1) is 0 Å². The number of rotatable bonds is 5. The molecule has 2 aliphatic heterocycles. The minimum atomic E-state index is -0.638. The van der Waals surface area contributed by atoms with Gasteiger partial charge in [0.15, 0.2) is 0 Å². The predicted octanol–water partition coefficient (Wildman–Crippen LogP) is -0.178. The second-order valence-corrected chi connectivity index (χ2v) is 5.40. The molecule has 124 valence electrons. The molecule has 2 aliphatic rings. The number of nitrogens with zero attached hydrogens (tertiary/aromatic N) is 2. The third-order valence-electron chi connectivity index (χ3n) is 3.74. The predicted molar refractivity (Wildman–Crippen MR) is 83.3 cm³/mol. The molecule has 1 unspecified atom stereocenters. The molecule has 0 spiro atoms. The summed E-state index contributed by atoms with van der Waals surface area (Å²) in [7, 11) is 0. The molecule has 0 aromatic rings. The van der Waals surface area contributed by atoms with Crippen molar-refractivity contribution in [1.29, 1.82) is 0 Å². The molecule has 0 saturated carbocycles. The summed E-state index contributed by atoms with van der Waals surface area (Å²) in [4.78, 5) is 6.61. The van der Waals surface area contributed by atoms with Gasteiger partial charge in [0.1, 0.15) is 18.2 Å². The SMILES string of the molecule is C=C(/C=C\N[C@H]1CC(O)[C@@H](CO)O1)/N=C(/C)N1CCOCC1. The number of aliphatic hydroxyl groups is 2. The van der Waals surface area contributed by atoms with Gasteiger partial charge in [0.2, 0.25) is 0 Å². The lowest BCUT2D eigenvalue weighted by Gasteiger charge is -2.28. The number of allylic oxidation sites excluding steroid dienone is 1. The fraction of sp³-hybridized carbons (Fsp3) is 0.667. The van der Waals surface area contributed by atoms with Crippen molar-refractivity contribution < 1.29 is 19.7 Å². The number of morpholine rings is 1. The van der Waals surface area contributed by atoms with E-state index in [9.17, 15) is 5.11 Å². The van der Waals surface area contributed by atoms with Crippen LogP contribution in [0, 0.1) is 0 Å². The normalized spacial score (nSPS) is 30.0. The van der Waals surface area contributed by atoms with E-state index in [1.165, 1.54) is 0 Å². The van der Waals surface area contributed by atoms with Gasteiger partial charge in [0.25, 0.3) is 0 Å². The van der Waals surface area contributed by atoms with Crippen LogP contribution in [0.5, 0.6) is 0 Å². The molecule has 3 atom stereocenters. The fourth-order valence-corrected chi connectivity index (χ4v) is 2.45. The topological polar surface area (TPSA) is 86.5 Å². The van der Waals surface area contributed by atoms with E-state index in [-0.39, 0.29) is 12.8 Å². The monoisotopic (exact) mass is 311 g/mol. The van der Waals surface area contributed by atoms with Crippen molar-refractivity contribution in [2.75, 3.05) is 32.9 Å². The van der Waals surface area contributed by atoms with Crippen LogP contribution in [0.15, 0.2) is 29.5 Å². The number of aliphatic hydroxyl groups excluding tert-OH is 2. The molecule has 2 heterocycles. The molecule has 0 amide bonds. The second-order valence-electron chi connectivity index (χ2n) is 5.40. The molecule has 0 radical (unpaired) electrons. The standard InChI is InChI=1S/C15H25N3O4/c1-11(17-12(2)18-5-7-21-8-6-18)3-4-16-15-9-13(20)14(10-19)22-15/h3-4,13-16,19-20H,1,5-10H2,2H3/b4-3-,17-12-/t13?,14-,15-/m1/s1. The summed E-state index contributed by atoms with van der Waals surface area (Å²) in [5, 5.41) is 21.7. The maximum Gasteiger partial charge on any atom is 0.130 e. The first kappa shape index (κ1) is 17.0. The molecule has 0 bridgehead atoms. The van der Waals surface area contributed by atoms with Gasteiger partial charge in [-0.05, 0) is 13.0 Å². The zero-order valence-corrected chi connectivity index (χ0v) is 12.9. The average Bonchev–Trinajstić information content (AvgIpc) is 2.88. The molecule has 2 saturated heterocycles. The quantitative estimate of drug-likeness (QED) is 0.371. The molecule has 3 N–H and O–H groups in total. The number of amidine groups is 1. The first-order chi connectivity index (χ1) is 10.6. The van der Waals surface area contributed by atoms with Gasteiger partial charge in [-0.1, -0.05) is 6.58 Å². The summed E-state index contributed by atoms with van der Waals surface area (Å²) in [6.45, 7) is 8.82. The smallest absolute Gasteiger partial charge is 0.130 e. The van der Waals surface area contributed by atoms with Crippen molar-refractivity contribution in [2.45, 2.75) is 31.8 Å². The zero-order valence-electron chi connectivity index (χ0n) is 12.9. The maximum absolute atomic E-state index is 9.63. The van der Waals surface area contributed by atoms with Gasteiger partial charge in [0.05, 0.1) is 31.6 Å². The van der Waals surface area contributed by atoms with E-state index in [0.29, 0.717) is 12.1 Å².